The molecule has 1 aliphatic heterocycles. The molecule has 2 unspecified atom stereocenters. The SMILES string of the molecule is COc1ccc(NC(=O)C2c3ccccc3C(=O)N(C3CC3)C2c2cccc(OC)c2)cc1. The first-order valence-corrected chi connectivity index (χ1v) is 11.1. The molecule has 1 heterocycles. The molecule has 0 saturated heterocycles. The van der Waals surface area contributed by atoms with Crippen molar-refractivity contribution >= 4 is 17.5 Å². The number of carbonyl (C=O) groups is 2. The third-order valence-electron chi connectivity index (χ3n) is 6.39. The molecular formula is C27H26N2O4. The topological polar surface area (TPSA) is 67.9 Å². The average molecular weight is 443 g/mol. The van der Waals surface area contributed by atoms with Gasteiger partial charge in [-0.2, -0.15) is 0 Å². The van der Waals surface area contributed by atoms with Crippen molar-refractivity contribution in [2.24, 2.45) is 0 Å². The lowest BCUT2D eigenvalue weighted by molar-refractivity contribution is -0.119. The maximum Gasteiger partial charge on any atom is 0.254 e. The van der Waals surface area contributed by atoms with E-state index in [1.165, 1.54) is 0 Å². The van der Waals surface area contributed by atoms with Crippen molar-refractivity contribution in [3.05, 3.63) is 89.5 Å². The fraction of sp³-hybridized carbons (Fsp3) is 0.259. The zero-order chi connectivity index (χ0) is 22.9. The fourth-order valence-electron chi connectivity index (χ4n) is 4.66. The number of hydrogen-bond donors (Lipinski definition) is 1. The van der Waals surface area contributed by atoms with Gasteiger partial charge in [-0.05, 0) is 66.4 Å². The number of hydrogen-bond acceptors (Lipinski definition) is 4. The molecule has 6 heteroatoms. The molecule has 0 bridgehead atoms. The standard InChI is InChI=1S/C27H26N2O4/c1-32-20-14-10-18(11-15-20)28-26(30)24-22-8-3-4-9-23(22)27(31)29(19-12-13-19)25(24)17-6-5-7-21(16-17)33-2/h3-11,14-16,19,24-25H,12-13H2,1-2H3,(H,28,30). The molecule has 5 rings (SSSR count). The van der Waals surface area contributed by atoms with Crippen LogP contribution in [0.5, 0.6) is 11.5 Å². The number of anilines is 1. The second-order valence-corrected chi connectivity index (χ2v) is 8.45. The van der Waals surface area contributed by atoms with E-state index in [2.05, 4.69) is 5.32 Å². The molecule has 1 N–H and O–H groups in total. The Hall–Kier alpha value is -3.80. The van der Waals surface area contributed by atoms with Crippen LogP contribution in [0.25, 0.3) is 0 Å². The molecule has 33 heavy (non-hydrogen) atoms. The quantitative estimate of drug-likeness (QED) is 0.596. The first kappa shape index (κ1) is 21.1. The molecule has 0 radical (unpaired) electrons. The van der Waals surface area contributed by atoms with Crippen LogP contribution in [0.1, 0.15) is 46.3 Å². The lowest BCUT2D eigenvalue weighted by atomic mass is 9.79. The van der Waals surface area contributed by atoms with E-state index in [-0.39, 0.29) is 17.9 Å². The van der Waals surface area contributed by atoms with E-state index in [0.29, 0.717) is 17.0 Å². The molecule has 3 aromatic carbocycles. The van der Waals surface area contributed by atoms with Crippen molar-refractivity contribution in [2.75, 3.05) is 19.5 Å². The van der Waals surface area contributed by atoms with Crippen molar-refractivity contribution in [1.29, 1.82) is 0 Å². The van der Waals surface area contributed by atoms with Crippen LogP contribution < -0.4 is 14.8 Å². The van der Waals surface area contributed by atoms with Gasteiger partial charge in [-0.3, -0.25) is 9.59 Å². The van der Waals surface area contributed by atoms with E-state index < -0.39 is 12.0 Å². The molecular weight excluding hydrogens is 416 g/mol. The molecule has 0 aromatic heterocycles. The summed E-state index contributed by atoms with van der Waals surface area (Å²) in [4.78, 5) is 29.3. The molecule has 2 atom stereocenters. The third-order valence-corrected chi connectivity index (χ3v) is 6.39. The van der Waals surface area contributed by atoms with Gasteiger partial charge in [0.2, 0.25) is 5.91 Å². The van der Waals surface area contributed by atoms with Gasteiger partial charge in [0.15, 0.2) is 0 Å². The number of fused-ring (bicyclic) bond motifs is 1. The van der Waals surface area contributed by atoms with E-state index in [0.717, 1.165) is 29.7 Å². The molecule has 1 aliphatic carbocycles. The minimum absolute atomic E-state index is 0.0191. The molecule has 168 valence electrons. The maximum atomic E-state index is 13.8. The summed E-state index contributed by atoms with van der Waals surface area (Å²) in [5.41, 5.74) is 2.91. The molecule has 1 fully saturated rings. The monoisotopic (exact) mass is 442 g/mol. The lowest BCUT2D eigenvalue weighted by Gasteiger charge is -2.42. The first-order valence-electron chi connectivity index (χ1n) is 11.1. The number of benzene rings is 3. The summed E-state index contributed by atoms with van der Waals surface area (Å²) in [5.74, 6) is 0.682. The Labute approximate surface area is 193 Å². The number of carbonyl (C=O) groups excluding carboxylic acids is 2. The van der Waals surface area contributed by atoms with Crippen LogP contribution >= 0.6 is 0 Å². The zero-order valence-electron chi connectivity index (χ0n) is 18.7. The maximum absolute atomic E-state index is 13.8. The fourth-order valence-corrected chi connectivity index (χ4v) is 4.66. The predicted molar refractivity (Wildman–Crippen MR) is 126 cm³/mol. The molecule has 6 nitrogen and oxygen atoms in total. The van der Waals surface area contributed by atoms with Crippen molar-refractivity contribution in [2.45, 2.75) is 30.8 Å². The summed E-state index contributed by atoms with van der Waals surface area (Å²) in [5, 5.41) is 3.06. The van der Waals surface area contributed by atoms with Gasteiger partial charge < -0.3 is 19.7 Å². The normalized spacial score (nSPS) is 19.6. The highest BCUT2D eigenvalue weighted by Crippen LogP contribution is 2.48. The lowest BCUT2D eigenvalue weighted by Crippen LogP contribution is -2.47. The highest BCUT2D eigenvalue weighted by Gasteiger charge is 2.49. The van der Waals surface area contributed by atoms with Gasteiger partial charge in [0, 0.05) is 17.3 Å². The van der Waals surface area contributed by atoms with E-state index in [9.17, 15) is 9.59 Å². The summed E-state index contributed by atoms with van der Waals surface area (Å²) in [6.45, 7) is 0. The summed E-state index contributed by atoms with van der Waals surface area (Å²) >= 11 is 0. The van der Waals surface area contributed by atoms with E-state index in [1.54, 1.807) is 14.2 Å². The Balaban J connectivity index is 1.60. The number of methoxy groups -OCH3 is 2. The van der Waals surface area contributed by atoms with E-state index in [4.69, 9.17) is 9.47 Å². The largest absolute Gasteiger partial charge is 0.497 e. The Morgan fingerprint density at radius 2 is 1.64 bits per heavy atom. The van der Waals surface area contributed by atoms with Crippen molar-refractivity contribution < 1.29 is 19.1 Å². The molecule has 2 aliphatic rings. The summed E-state index contributed by atoms with van der Waals surface area (Å²) in [6, 6.07) is 22.1. The van der Waals surface area contributed by atoms with Gasteiger partial charge in [0.1, 0.15) is 11.5 Å². The minimum atomic E-state index is -0.561. The zero-order valence-corrected chi connectivity index (χ0v) is 18.7. The number of rotatable bonds is 6. The molecule has 3 aromatic rings. The highest BCUT2D eigenvalue weighted by atomic mass is 16.5. The molecule has 1 saturated carbocycles. The van der Waals surface area contributed by atoms with Crippen LogP contribution in [-0.4, -0.2) is 37.0 Å². The third kappa shape index (κ3) is 3.93. The average Bonchev–Trinajstić information content (AvgIpc) is 3.69. The van der Waals surface area contributed by atoms with Crippen molar-refractivity contribution in [1.82, 2.24) is 4.90 Å². The number of amides is 2. The summed E-state index contributed by atoms with van der Waals surface area (Å²) in [7, 11) is 3.22. The minimum Gasteiger partial charge on any atom is -0.497 e. The second kappa shape index (κ2) is 8.62. The Morgan fingerprint density at radius 3 is 2.33 bits per heavy atom. The van der Waals surface area contributed by atoms with Crippen LogP contribution in [0, 0.1) is 0 Å². The first-order chi connectivity index (χ1) is 16.1. The predicted octanol–water partition coefficient (Wildman–Crippen LogP) is 4.79. The van der Waals surface area contributed by atoms with Crippen LogP contribution in [-0.2, 0) is 4.79 Å². The van der Waals surface area contributed by atoms with Gasteiger partial charge >= 0.3 is 0 Å². The van der Waals surface area contributed by atoms with Crippen LogP contribution in [0.2, 0.25) is 0 Å². The van der Waals surface area contributed by atoms with Gasteiger partial charge in [0.05, 0.1) is 26.2 Å². The van der Waals surface area contributed by atoms with Gasteiger partial charge in [0.25, 0.3) is 5.91 Å². The number of nitrogens with one attached hydrogen (secondary N) is 1. The van der Waals surface area contributed by atoms with Gasteiger partial charge in [-0.25, -0.2) is 0 Å². The summed E-state index contributed by atoms with van der Waals surface area (Å²) < 4.78 is 10.7. The highest BCUT2D eigenvalue weighted by molar-refractivity contribution is 6.04. The molecule has 2 amide bonds. The second-order valence-electron chi connectivity index (χ2n) is 8.45. The smallest absolute Gasteiger partial charge is 0.254 e. The van der Waals surface area contributed by atoms with Crippen molar-refractivity contribution in [3.8, 4) is 11.5 Å². The van der Waals surface area contributed by atoms with E-state index >= 15 is 0 Å². The van der Waals surface area contributed by atoms with Crippen LogP contribution in [0.15, 0.2) is 72.8 Å². The van der Waals surface area contributed by atoms with Gasteiger partial charge in [-0.15, -0.1) is 0 Å². The Bertz CT molecular complexity index is 1190. The summed E-state index contributed by atoms with van der Waals surface area (Å²) in [6.07, 6.45) is 1.89. The van der Waals surface area contributed by atoms with Crippen LogP contribution in [0.4, 0.5) is 5.69 Å². The van der Waals surface area contributed by atoms with Crippen LogP contribution in [0.3, 0.4) is 0 Å². The number of nitrogens with zero attached hydrogens (tertiary/aromatic N) is 1. The van der Waals surface area contributed by atoms with Gasteiger partial charge in [-0.1, -0.05) is 30.3 Å². The molecule has 0 spiro atoms. The van der Waals surface area contributed by atoms with Crippen molar-refractivity contribution in [3.63, 3.8) is 0 Å². The number of ether oxygens (including phenoxy) is 2. The Kier molecular flexibility index (Phi) is 5.50. The Morgan fingerprint density at radius 1 is 0.909 bits per heavy atom. The van der Waals surface area contributed by atoms with E-state index in [1.807, 2.05) is 77.7 Å².